The van der Waals surface area contributed by atoms with Crippen molar-refractivity contribution in [2.75, 3.05) is 24.6 Å². The molecule has 1 aliphatic heterocycles. The number of nitrogens with one attached hydrogen (secondary N) is 1. The molecule has 1 heterocycles. The van der Waals surface area contributed by atoms with Crippen molar-refractivity contribution in [1.82, 2.24) is 10.2 Å². The molecule has 17 heavy (non-hydrogen) atoms. The molecule has 0 radical (unpaired) electrons. The van der Waals surface area contributed by atoms with E-state index in [9.17, 15) is 0 Å². The van der Waals surface area contributed by atoms with Crippen molar-refractivity contribution < 1.29 is 0 Å². The Kier molecular flexibility index (Phi) is 5.64. The first-order valence-corrected chi connectivity index (χ1v) is 8.53. The topological polar surface area (TPSA) is 15.3 Å². The van der Waals surface area contributed by atoms with Gasteiger partial charge in [-0.05, 0) is 45.6 Å². The van der Waals surface area contributed by atoms with Crippen LogP contribution in [0.15, 0.2) is 0 Å². The molecule has 2 nitrogen and oxygen atoms in total. The molecule has 0 spiro atoms. The Bertz CT molecular complexity index is 214. The first-order valence-electron chi connectivity index (χ1n) is 7.38. The van der Waals surface area contributed by atoms with E-state index in [-0.39, 0.29) is 0 Å². The van der Waals surface area contributed by atoms with Gasteiger partial charge in [0.05, 0.1) is 0 Å². The molecule has 1 saturated heterocycles. The minimum atomic E-state index is 0.805. The molecule has 3 heteroatoms. The second kappa shape index (κ2) is 7.01. The van der Waals surface area contributed by atoms with Crippen LogP contribution in [0.1, 0.15) is 46.0 Å². The van der Waals surface area contributed by atoms with Crippen molar-refractivity contribution in [2.45, 2.75) is 64.1 Å². The monoisotopic (exact) mass is 256 g/mol. The molecule has 0 aromatic heterocycles. The average Bonchev–Trinajstić information content (AvgIpc) is 2.38. The summed E-state index contributed by atoms with van der Waals surface area (Å²) in [5, 5.41) is 3.68. The van der Waals surface area contributed by atoms with Gasteiger partial charge in [-0.25, -0.2) is 0 Å². The van der Waals surface area contributed by atoms with E-state index in [1.165, 1.54) is 56.7 Å². The maximum atomic E-state index is 3.68. The minimum Gasteiger partial charge on any atom is -0.314 e. The van der Waals surface area contributed by atoms with Crippen molar-refractivity contribution in [3.8, 4) is 0 Å². The van der Waals surface area contributed by atoms with Gasteiger partial charge in [-0.1, -0.05) is 6.92 Å². The Morgan fingerprint density at radius 2 is 2.00 bits per heavy atom. The second-order valence-electron chi connectivity index (χ2n) is 5.62. The van der Waals surface area contributed by atoms with Gasteiger partial charge in [0.2, 0.25) is 0 Å². The number of hydrogen-bond acceptors (Lipinski definition) is 3. The highest BCUT2D eigenvalue weighted by Crippen LogP contribution is 2.28. The van der Waals surface area contributed by atoms with E-state index in [2.05, 4.69) is 35.8 Å². The summed E-state index contributed by atoms with van der Waals surface area (Å²) in [4.78, 5) is 2.78. The maximum absolute atomic E-state index is 3.68. The number of hydrogen-bond donors (Lipinski definition) is 1. The normalized spacial score (nSPS) is 36.0. The standard InChI is InChI=1S/C14H28N2S/c1-3-8-15-13-4-6-14(7-5-13)16-9-10-17-11-12(16)2/h12-15H,3-11H2,1-2H3. The Morgan fingerprint density at radius 1 is 1.24 bits per heavy atom. The van der Waals surface area contributed by atoms with E-state index in [1.807, 2.05) is 0 Å². The molecule has 100 valence electrons. The third-order valence-corrected chi connectivity index (χ3v) is 5.46. The van der Waals surface area contributed by atoms with Crippen molar-refractivity contribution >= 4 is 11.8 Å². The smallest absolute Gasteiger partial charge is 0.0161 e. The van der Waals surface area contributed by atoms with Crippen molar-refractivity contribution in [3.63, 3.8) is 0 Å². The fourth-order valence-corrected chi connectivity index (χ4v) is 4.28. The van der Waals surface area contributed by atoms with Crippen LogP contribution in [0.25, 0.3) is 0 Å². The second-order valence-corrected chi connectivity index (χ2v) is 6.77. The average molecular weight is 256 g/mol. The van der Waals surface area contributed by atoms with Gasteiger partial charge in [0, 0.05) is 36.2 Å². The minimum absolute atomic E-state index is 0.805. The van der Waals surface area contributed by atoms with Crippen LogP contribution in [0.4, 0.5) is 0 Å². The lowest BCUT2D eigenvalue weighted by molar-refractivity contribution is 0.117. The van der Waals surface area contributed by atoms with Crippen LogP contribution in [0.3, 0.4) is 0 Å². The van der Waals surface area contributed by atoms with E-state index >= 15 is 0 Å². The molecule has 2 aliphatic rings. The van der Waals surface area contributed by atoms with Crippen LogP contribution in [0.5, 0.6) is 0 Å². The summed E-state index contributed by atoms with van der Waals surface area (Å²) in [6, 6.07) is 2.49. The molecule has 0 aromatic carbocycles. The summed E-state index contributed by atoms with van der Waals surface area (Å²) in [6.45, 7) is 7.19. The fraction of sp³-hybridized carbons (Fsp3) is 1.00. The Morgan fingerprint density at radius 3 is 2.65 bits per heavy atom. The Hall–Kier alpha value is 0.270. The molecular formula is C14H28N2S. The molecule has 1 atom stereocenters. The van der Waals surface area contributed by atoms with Crippen LogP contribution in [0, 0.1) is 0 Å². The van der Waals surface area contributed by atoms with Crippen LogP contribution in [0.2, 0.25) is 0 Å². The molecular weight excluding hydrogens is 228 g/mol. The molecule has 2 rings (SSSR count). The zero-order chi connectivity index (χ0) is 12.1. The van der Waals surface area contributed by atoms with Crippen LogP contribution >= 0.6 is 11.8 Å². The Balaban J connectivity index is 1.74. The van der Waals surface area contributed by atoms with Gasteiger partial charge >= 0.3 is 0 Å². The van der Waals surface area contributed by atoms with Gasteiger partial charge in [-0.15, -0.1) is 0 Å². The largest absolute Gasteiger partial charge is 0.314 e. The molecule has 0 amide bonds. The molecule has 0 bridgehead atoms. The summed E-state index contributed by atoms with van der Waals surface area (Å²) in [6.07, 6.45) is 6.87. The molecule has 1 N–H and O–H groups in total. The first-order chi connectivity index (χ1) is 8.31. The molecule has 2 fully saturated rings. The van der Waals surface area contributed by atoms with Gasteiger partial charge in [0.1, 0.15) is 0 Å². The summed E-state index contributed by atoms with van der Waals surface area (Å²) in [5.41, 5.74) is 0. The third-order valence-electron chi connectivity index (χ3n) is 4.27. The third kappa shape index (κ3) is 3.87. The lowest BCUT2D eigenvalue weighted by atomic mass is 9.89. The lowest BCUT2D eigenvalue weighted by Gasteiger charge is -2.42. The summed E-state index contributed by atoms with van der Waals surface area (Å²) < 4.78 is 0. The summed E-state index contributed by atoms with van der Waals surface area (Å²) >= 11 is 2.13. The van der Waals surface area contributed by atoms with E-state index in [0.717, 1.165) is 18.1 Å². The zero-order valence-corrected chi connectivity index (χ0v) is 12.3. The number of rotatable bonds is 4. The van der Waals surface area contributed by atoms with Gasteiger partial charge in [-0.3, -0.25) is 4.90 Å². The SMILES string of the molecule is CCCNC1CCC(N2CCSCC2C)CC1. The quantitative estimate of drug-likeness (QED) is 0.832. The van der Waals surface area contributed by atoms with Crippen LogP contribution in [-0.2, 0) is 0 Å². The number of thioether (sulfide) groups is 1. The predicted molar refractivity (Wildman–Crippen MR) is 77.8 cm³/mol. The fourth-order valence-electron chi connectivity index (χ4n) is 3.24. The lowest BCUT2D eigenvalue weighted by Crippen LogP contribution is -2.49. The van der Waals surface area contributed by atoms with Crippen molar-refractivity contribution in [2.24, 2.45) is 0 Å². The predicted octanol–water partition coefficient (Wildman–Crippen LogP) is 2.73. The maximum Gasteiger partial charge on any atom is 0.0161 e. The van der Waals surface area contributed by atoms with Crippen molar-refractivity contribution in [1.29, 1.82) is 0 Å². The molecule has 0 aromatic rings. The van der Waals surface area contributed by atoms with Crippen LogP contribution in [-0.4, -0.2) is 47.6 Å². The Labute approximate surface area is 111 Å². The first kappa shape index (κ1) is 13.7. The molecule has 1 saturated carbocycles. The molecule has 1 unspecified atom stereocenters. The highest BCUT2D eigenvalue weighted by Gasteiger charge is 2.29. The highest BCUT2D eigenvalue weighted by atomic mass is 32.2. The summed E-state index contributed by atoms with van der Waals surface area (Å²) in [7, 11) is 0. The van der Waals surface area contributed by atoms with Gasteiger partial charge < -0.3 is 5.32 Å². The van der Waals surface area contributed by atoms with Gasteiger partial charge in [-0.2, -0.15) is 11.8 Å². The van der Waals surface area contributed by atoms with E-state index in [0.29, 0.717) is 0 Å². The molecule has 1 aliphatic carbocycles. The van der Waals surface area contributed by atoms with Gasteiger partial charge in [0.15, 0.2) is 0 Å². The highest BCUT2D eigenvalue weighted by molar-refractivity contribution is 7.99. The van der Waals surface area contributed by atoms with Crippen LogP contribution < -0.4 is 5.32 Å². The van der Waals surface area contributed by atoms with Crippen molar-refractivity contribution in [3.05, 3.63) is 0 Å². The van der Waals surface area contributed by atoms with E-state index in [1.54, 1.807) is 0 Å². The van der Waals surface area contributed by atoms with E-state index < -0.39 is 0 Å². The van der Waals surface area contributed by atoms with E-state index in [4.69, 9.17) is 0 Å². The zero-order valence-electron chi connectivity index (χ0n) is 11.5. The number of nitrogens with zero attached hydrogens (tertiary/aromatic N) is 1. The van der Waals surface area contributed by atoms with Gasteiger partial charge in [0.25, 0.3) is 0 Å². The summed E-state index contributed by atoms with van der Waals surface area (Å²) in [5.74, 6) is 2.69.